The lowest BCUT2D eigenvalue weighted by Gasteiger charge is -2.33. The van der Waals surface area contributed by atoms with Gasteiger partial charge in [-0.25, -0.2) is 18.4 Å². The Hall–Kier alpha value is -3.42. The molecule has 4 heterocycles. The quantitative estimate of drug-likeness (QED) is 0.387. The SMILES string of the molecule is Cn1cc(S(=O)(=O)N2CCc3c(nc(-c4ccc([N+](=O)[O-])cc4)nc3N3CCOCC3)C2)cn1. The zero-order chi connectivity index (χ0) is 23.9. The van der Waals surface area contributed by atoms with Crippen LogP contribution < -0.4 is 4.90 Å². The third-order valence-electron chi connectivity index (χ3n) is 5.97. The summed E-state index contributed by atoms with van der Waals surface area (Å²) in [7, 11) is -2.06. The van der Waals surface area contributed by atoms with Crippen LogP contribution in [-0.4, -0.2) is 70.2 Å². The first-order chi connectivity index (χ1) is 16.3. The molecule has 0 bridgehead atoms. The Morgan fingerprint density at radius 3 is 2.47 bits per heavy atom. The van der Waals surface area contributed by atoms with Gasteiger partial charge in [0.25, 0.3) is 5.69 Å². The van der Waals surface area contributed by atoms with E-state index in [1.807, 2.05) is 0 Å². The standard InChI is InChI=1S/C21H23N7O5S/c1-25-13-17(12-22-25)34(31,32)27-7-6-18-19(14-27)23-20(15-2-4-16(5-3-15)28(29)30)24-21(18)26-8-10-33-11-9-26/h2-5,12-13H,6-11,14H2,1H3. The molecule has 0 aliphatic carbocycles. The van der Waals surface area contributed by atoms with E-state index in [1.54, 1.807) is 19.2 Å². The van der Waals surface area contributed by atoms with Crippen molar-refractivity contribution in [3.63, 3.8) is 0 Å². The van der Waals surface area contributed by atoms with Crippen molar-refractivity contribution in [2.45, 2.75) is 17.9 Å². The van der Waals surface area contributed by atoms with Crippen molar-refractivity contribution in [3.05, 3.63) is 58.0 Å². The Balaban J connectivity index is 1.55. The molecular weight excluding hydrogens is 462 g/mol. The number of hydrogen-bond acceptors (Lipinski definition) is 9. The normalized spacial score (nSPS) is 16.9. The molecule has 0 N–H and O–H groups in total. The van der Waals surface area contributed by atoms with E-state index in [0.29, 0.717) is 56.4 Å². The van der Waals surface area contributed by atoms with Gasteiger partial charge in [-0.05, 0) is 18.6 Å². The predicted molar refractivity (Wildman–Crippen MR) is 122 cm³/mol. The summed E-state index contributed by atoms with van der Waals surface area (Å²) in [5, 5.41) is 15.0. The summed E-state index contributed by atoms with van der Waals surface area (Å²) in [4.78, 5) is 22.4. The van der Waals surface area contributed by atoms with Crippen LogP contribution in [0.25, 0.3) is 11.4 Å². The Labute approximate surface area is 196 Å². The molecule has 0 unspecified atom stereocenters. The number of fused-ring (bicyclic) bond motifs is 1. The fraction of sp³-hybridized carbons (Fsp3) is 0.381. The number of nitrogens with zero attached hydrogens (tertiary/aromatic N) is 7. The number of nitro benzene ring substituents is 1. The highest BCUT2D eigenvalue weighted by Gasteiger charge is 2.33. The lowest BCUT2D eigenvalue weighted by atomic mass is 10.1. The molecule has 3 aromatic rings. The van der Waals surface area contributed by atoms with Gasteiger partial charge in [0, 0.05) is 56.1 Å². The molecule has 5 rings (SSSR count). The van der Waals surface area contributed by atoms with E-state index in [0.717, 1.165) is 11.4 Å². The Kier molecular flexibility index (Phi) is 5.75. The highest BCUT2D eigenvalue weighted by molar-refractivity contribution is 7.89. The largest absolute Gasteiger partial charge is 0.378 e. The number of ether oxygens (including phenoxy) is 1. The van der Waals surface area contributed by atoms with Crippen LogP contribution in [-0.2, 0) is 34.8 Å². The third kappa shape index (κ3) is 4.13. The first kappa shape index (κ1) is 22.4. The minimum atomic E-state index is -3.73. The van der Waals surface area contributed by atoms with E-state index in [9.17, 15) is 18.5 Å². The van der Waals surface area contributed by atoms with Crippen LogP contribution in [0.4, 0.5) is 11.5 Å². The molecule has 13 heteroatoms. The summed E-state index contributed by atoms with van der Waals surface area (Å²) in [6, 6.07) is 6.03. The molecule has 0 spiro atoms. The monoisotopic (exact) mass is 485 g/mol. The van der Waals surface area contributed by atoms with Crippen molar-refractivity contribution < 1.29 is 18.1 Å². The van der Waals surface area contributed by atoms with Crippen LogP contribution in [0.1, 0.15) is 11.3 Å². The van der Waals surface area contributed by atoms with Gasteiger partial charge in [-0.1, -0.05) is 0 Å². The average Bonchev–Trinajstić information content (AvgIpc) is 3.30. The van der Waals surface area contributed by atoms with Crippen molar-refractivity contribution in [1.82, 2.24) is 24.1 Å². The smallest absolute Gasteiger partial charge is 0.269 e. The van der Waals surface area contributed by atoms with Gasteiger partial charge in [-0.2, -0.15) is 9.40 Å². The number of aryl methyl sites for hydroxylation is 1. The molecular formula is C21H23N7O5S. The van der Waals surface area contributed by atoms with Crippen molar-refractivity contribution >= 4 is 21.5 Å². The molecule has 1 fully saturated rings. The Morgan fingerprint density at radius 1 is 1.09 bits per heavy atom. The summed E-state index contributed by atoms with van der Waals surface area (Å²) >= 11 is 0. The van der Waals surface area contributed by atoms with E-state index in [4.69, 9.17) is 14.7 Å². The lowest BCUT2D eigenvalue weighted by molar-refractivity contribution is -0.384. The van der Waals surface area contributed by atoms with E-state index in [-0.39, 0.29) is 17.1 Å². The minimum absolute atomic E-state index is 0.0242. The zero-order valence-electron chi connectivity index (χ0n) is 18.5. The number of benzene rings is 1. The zero-order valence-corrected chi connectivity index (χ0v) is 19.3. The van der Waals surface area contributed by atoms with Gasteiger partial charge in [0.2, 0.25) is 10.0 Å². The molecule has 1 saturated heterocycles. The number of aromatic nitrogens is 4. The summed E-state index contributed by atoms with van der Waals surface area (Å²) in [6.07, 6.45) is 3.29. The van der Waals surface area contributed by atoms with E-state index >= 15 is 0 Å². The summed E-state index contributed by atoms with van der Waals surface area (Å²) < 4.78 is 34.7. The first-order valence-corrected chi connectivity index (χ1v) is 12.2. The molecule has 1 aromatic carbocycles. The van der Waals surface area contributed by atoms with Crippen LogP contribution in [0.2, 0.25) is 0 Å². The molecule has 0 atom stereocenters. The van der Waals surface area contributed by atoms with Crippen molar-refractivity contribution in [2.75, 3.05) is 37.7 Å². The second-order valence-electron chi connectivity index (χ2n) is 8.14. The first-order valence-electron chi connectivity index (χ1n) is 10.8. The maximum absolute atomic E-state index is 13.2. The van der Waals surface area contributed by atoms with Gasteiger partial charge in [-0.15, -0.1) is 0 Å². The second-order valence-corrected chi connectivity index (χ2v) is 10.1. The average molecular weight is 486 g/mol. The van der Waals surface area contributed by atoms with Crippen molar-refractivity contribution in [2.24, 2.45) is 7.05 Å². The summed E-state index contributed by atoms with van der Waals surface area (Å²) in [5.74, 6) is 1.16. The number of nitro groups is 1. The molecule has 0 radical (unpaired) electrons. The maximum atomic E-state index is 13.2. The fourth-order valence-corrected chi connectivity index (χ4v) is 5.56. The number of sulfonamides is 1. The number of hydrogen-bond donors (Lipinski definition) is 0. The van der Waals surface area contributed by atoms with Crippen LogP contribution in [0.5, 0.6) is 0 Å². The van der Waals surface area contributed by atoms with Gasteiger partial charge in [0.1, 0.15) is 10.7 Å². The van der Waals surface area contributed by atoms with Crippen LogP contribution >= 0.6 is 0 Å². The van der Waals surface area contributed by atoms with E-state index < -0.39 is 14.9 Å². The molecule has 34 heavy (non-hydrogen) atoms. The highest BCUT2D eigenvalue weighted by atomic mass is 32.2. The van der Waals surface area contributed by atoms with Crippen LogP contribution in [0, 0.1) is 10.1 Å². The summed E-state index contributed by atoms with van der Waals surface area (Å²) in [5.41, 5.74) is 2.15. The fourth-order valence-electron chi connectivity index (χ4n) is 4.17. The van der Waals surface area contributed by atoms with Gasteiger partial charge in [0.15, 0.2) is 5.82 Å². The number of rotatable bonds is 5. The highest BCUT2D eigenvalue weighted by Crippen LogP contribution is 2.32. The molecule has 0 amide bonds. The molecule has 178 valence electrons. The van der Waals surface area contributed by atoms with Gasteiger partial charge < -0.3 is 9.64 Å². The molecule has 2 aromatic heterocycles. The molecule has 12 nitrogen and oxygen atoms in total. The topological polar surface area (TPSA) is 137 Å². The number of anilines is 1. The van der Waals surface area contributed by atoms with E-state index in [1.165, 1.54) is 33.5 Å². The second kappa shape index (κ2) is 8.74. The van der Waals surface area contributed by atoms with Crippen LogP contribution in [0.3, 0.4) is 0 Å². The van der Waals surface area contributed by atoms with Crippen LogP contribution in [0.15, 0.2) is 41.6 Å². The lowest BCUT2D eigenvalue weighted by Crippen LogP contribution is -2.40. The third-order valence-corrected chi connectivity index (χ3v) is 7.77. The molecule has 0 saturated carbocycles. The van der Waals surface area contributed by atoms with E-state index in [2.05, 4.69) is 10.00 Å². The molecule has 2 aliphatic heterocycles. The Morgan fingerprint density at radius 2 is 1.82 bits per heavy atom. The van der Waals surface area contributed by atoms with Gasteiger partial charge in [0.05, 0.1) is 36.6 Å². The predicted octanol–water partition coefficient (Wildman–Crippen LogP) is 1.37. The van der Waals surface area contributed by atoms with Gasteiger partial charge >= 0.3 is 0 Å². The van der Waals surface area contributed by atoms with Gasteiger partial charge in [-0.3, -0.25) is 14.8 Å². The summed E-state index contributed by atoms with van der Waals surface area (Å²) in [6.45, 7) is 2.90. The van der Waals surface area contributed by atoms with Crippen molar-refractivity contribution in [3.8, 4) is 11.4 Å². The number of morpholine rings is 1. The number of non-ortho nitro benzene ring substituents is 1. The Bertz CT molecular complexity index is 1330. The maximum Gasteiger partial charge on any atom is 0.269 e. The van der Waals surface area contributed by atoms with Crippen molar-refractivity contribution in [1.29, 1.82) is 0 Å². The minimum Gasteiger partial charge on any atom is -0.378 e. The molecule has 2 aliphatic rings.